The minimum Gasteiger partial charge on any atom is -0.289 e. The van der Waals surface area contributed by atoms with E-state index in [1.54, 1.807) is 11.8 Å². The third kappa shape index (κ3) is 2.39. The van der Waals surface area contributed by atoms with Gasteiger partial charge in [-0.1, -0.05) is 6.92 Å². The second kappa shape index (κ2) is 4.45. The van der Waals surface area contributed by atoms with Gasteiger partial charge in [-0.25, -0.2) is 0 Å². The largest absolute Gasteiger partial charge is 0.289 e. The molecule has 2 rings (SSSR count). The van der Waals surface area contributed by atoms with Crippen LogP contribution < -0.4 is 0 Å². The average Bonchev–Trinajstić information content (AvgIpc) is 2.26. The molecule has 0 radical (unpaired) electrons. The van der Waals surface area contributed by atoms with Gasteiger partial charge in [0, 0.05) is 12.0 Å². The Balaban J connectivity index is 2.54. The van der Waals surface area contributed by atoms with Gasteiger partial charge in [0.05, 0.1) is 17.0 Å². The fourth-order valence-electron chi connectivity index (χ4n) is 2.60. The van der Waals surface area contributed by atoms with Gasteiger partial charge in [0.2, 0.25) is 0 Å². The summed E-state index contributed by atoms with van der Waals surface area (Å²) in [5, 5.41) is 0. The van der Waals surface area contributed by atoms with Crippen LogP contribution in [0.2, 0.25) is 0 Å². The Labute approximate surface area is 108 Å². The number of allylic oxidation sites excluding steroid dienone is 4. The zero-order chi connectivity index (χ0) is 12.6. The van der Waals surface area contributed by atoms with Gasteiger partial charge in [-0.2, -0.15) is 0 Å². The van der Waals surface area contributed by atoms with Gasteiger partial charge < -0.3 is 0 Å². The van der Waals surface area contributed by atoms with Crippen molar-refractivity contribution in [3.63, 3.8) is 0 Å². The lowest BCUT2D eigenvalue weighted by molar-refractivity contribution is 0.406. The maximum Gasteiger partial charge on any atom is 0.0752 e. The molecule has 0 spiro atoms. The highest BCUT2D eigenvalue weighted by Gasteiger charge is 2.33. The summed E-state index contributed by atoms with van der Waals surface area (Å²) < 4.78 is 0. The van der Waals surface area contributed by atoms with Crippen LogP contribution in [0.4, 0.5) is 0 Å². The van der Waals surface area contributed by atoms with Gasteiger partial charge in [-0.15, -0.1) is 11.8 Å². The number of rotatable bonds is 1. The van der Waals surface area contributed by atoms with Crippen LogP contribution in [0.5, 0.6) is 0 Å². The molecule has 1 unspecified atom stereocenters. The number of aliphatic imine (C=N–C) groups is 2. The van der Waals surface area contributed by atoms with Crippen LogP contribution >= 0.6 is 11.8 Å². The van der Waals surface area contributed by atoms with E-state index >= 15 is 0 Å². The standard InChI is InChI=1S/C14H20N2S/c1-9-8-14(2,3)16-13-11(9)6-10(15-4)7-12(13)17-5/h6-7,9H,8H2,1-5H3. The fourth-order valence-corrected chi connectivity index (χ4v) is 3.20. The minimum absolute atomic E-state index is 0.0573. The summed E-state index contributed by atoms with van der Waals surface area (Å²) in [6, 6.07) is 0. The topological polar surface area (TPSA) is 24.7 Å². The summed E-state index contributed by atoms with van der Waals surface area (Å²) in [6.07, 6.45) is 7.55. The van der Waals surface area contributed by atoms with Crippen molar-refractivity contribution in [3.8, 4) is 0 Å². The maximum absolute atomic E-state index is 4.91. The Hall–Kier alpha value is -0.830. The van der Waals surface area contributed by atoms with Crippen molar-refractivity contribution in [1.29, 1.82) is 0 Å². The van der Waals surface area contributed by atoms with Gasteiger partial charge in [-0.05, 0) is 50.2 Å². The lowest BCUT2D eigenvalue weighted by atomic mass is 9.79. The van der Waals surface area contributed by atoms with Crippen molar-refractivity contribution in [2.24, 2.45) is 15.9 Å². The summed E-state index contributed by atoms with van der Waals surface area (Å²) in [5.41, 5.74) is 3.67. The molecule has 92 valence electrons. The van der Waals surface area contributed by atoms with Gasteiger partial charge in [0.15, 0.2) is 0 Å². The zero-order valence-corrected chi connectivity index (χ0v) is 12.1. The van der Waals surface area contributed by atoms with Crippen LogP contribution in [0, 0.1) is 5.92 Å². The van der Waals surface area contributed by atoms with E-state index < -0.39 is 0 Å². The second-order valence-electron chi connectivity index (χ2n) is 5.34. The van der Waals surface area contributed by atoms with Crippen molar-refractivity contribution < 1.29 is 0 Å². The minimum atomic E-state index is 0.0573. The maximum atomic E-state index is 4.91. The highest BCUT2D eigenvalue weighted by atomic mass is 32.2. The van der Waals surface area contributed by atoms with Crippen LogP contribution in [-0.4, -0.2) is 30.3 Å². The summed E-state index contributed by atoms with van der Waals surface area (Å²) in [7, 11) is 1.85. The predicted octanol–water partition coefficient (Wildman–Crippen LogP) is 3.50. The quantitative estimate of drug-likeness (QED) is 0.652. The van der Waals surface area contributed by atoms with Gasteiger partial charge in [0.1, 0.15) is 0 Å². The number of nitrogens with zero attached hydrogens (tertiary/aromatic N) is 2. The van der Waals surface area contributed by atoms with E-state index in [0.717, 1.165) is 12.1 Å². The van der Waals surface area contributed by atoms with E-state index in [4.69, 9.17) is 4.99 Å². The Kier molecular flexibility index (Phi) is 3.30. The first-order chi connectivity index (χ1) is 7.96. The lowest BCUT2D eigenvalue weighted by Crippen LogP contribution is -2.33. The highest BCUT2D eigenvalue weighted by Crippen LogP contribution is 2.38. The molecule has 0 bridgehead atoms. The molecule has 2 aliphatic rings. The molecule has 1 atom stereocenters. The molecule has 0 aromatic carbocycles. The summed E-state index contributed by atoms with van der Waals surface area (Å²) in [4.78, 5) is 10.5. The molecule has 1 heterocycles. The number of fused-ring (bicyclic) bond motifs is 1. The fraction of sp³-hybridized carbons (Fsp3) is 0.571. The monoisotopic (exact) mass is 248 g/mol. The van der Waals surface area contributed by atoms with Crippen LogP contribution in [0.15, 0.2) is 32.6 Å². The first-order valence-corrected chi connectivity index (χ1v) is 7.24. The molecule has 2 nitrogen and oxygen atoms in total. The Bertz CT molecular complexity index is 453. The highest BCUT2D eigenvalue weighted by molar-refractivity contribution is 8.03. The van der Waals surface area contributed by atoms with Gasteiger partial charge in [-0.3, -0.25) is 9.98 Å². The predicted molar refractivity (Wildman–Crippen MR) is 78.3 cm³/mol. The normalized spacial score (nSPS) is 29.4. The molecule has 1 aliphatic carbocycles. The van der Waals surface area contributed by atoms with Gasteiger partial charge in [0.25, 0.3) is 0 Å². The molecule has 0 amide bonds. The first-order valence-electron chi connectivity index (χ1n) is 6.01. The summed E-state index contributed by atoms with van der Waals surface area (Å²) in [5.74, 6) is 0.560. The van der Waals surface area contributed by atoms with Gasteiger partial charge >= 0.3 is 0 Å². The van der Waals surface area contributed by atoms with Crippen LogP contribution in [-0.2, 0) is 0 Å². The zero-order valence-electron chi connectivity index (χ0n) is 11.2. The van der Waals surface area contributed by atoms with E-state index in [1.165, 1.54) is 16.2 Å². The molecule has 0 saturated carbocycles. The summed E-state index contributed by atoms with van der Waals surface area (Å²) in [6.45, 7) is 6.72. The van der Waals surface area contributed by atoms with E-state index in [0.29, 0.717) is 5.92 Å². The number of thioether (sulfide) groups is 1. The van der Waals surface area contributed by atoms with Crippen molar-refractivity contribution in [2.45, 2.75) is 32.7 Å². The van der Waals surface area contributed by atoms with E-state index in [9.17, 15) is 0 Å². The van der Waals surface area contributed by atoms with E-state index in [-0.39, 0.29) is 5.54 Å². The molecule has 0 aromatic heterocycles. The Morgan fingerprint density at radius 1 is 1.41 bits per heavy atom. The summed E-state index contributed by atoms with van der Waals surface area (Å²) >= 11 is 1.76. The van der Waals surface area contributed by atoms with E-state index in [1.807, 2.05) is 7.05 Å². The van der Waals surface area contributed by atoms with Crippen LogP contribution in [0.3, 0.4) is 0 Å². The lowest BCUT2D eigenvalue weighted by Gasteiger charge is -2.35. The molecule has 0 aromatic rings. The molecule has 0 N–H and O–H groups in total. The molecule has 0 fully saturated rings. The molecular formula is C14H20N2S. The number of hydrogen-bond donors (Lipinski definition) is 0. The average molecular weight is 248 g/mol. The molecule has 0 saturated heterocycles. The molecular weight excluding hydrogens is 228 g/mol. The van der Waals surface area contributed by atoms with Crippen molar-refractivity contribution in [1.82, 2.24) is 0 Å². The van der Waals surface area contributed by atoms with Crippen LogP contribution in [0.25, 0.3) is 0 Å². The smallest absolute Gasteiger partial charge is 0.0752 e. The Morgan fingerprint density at radius 3 is 2.71 bits per heavy atom. The molecule has 3 heteroatoms. The number of hydrogen-bond acceptors (Lipinski definition) is 3. The Morgan fingerprint density at radius 2 is 2.12 bits per heavy atom. The van der Waals surface area contributed by atoms with Crippen LogP contribution in [0.1, 0.15) is 27.2 Å². The van der Waals surface area contributed by atoms with Crippen molar-refractivity contribution >= 4 is 23.2 Å². The molecule has 1 aliphatic heterocycles. The van der Waals surface area contributed by atoms with E-state index in [2.05, 4.69) is 44.2 Å². The molecule has 17 heavy (non-hydrogen) atoms. The van der Waals surface area contributed by atoms with Crippen molar-refractivity contribution in [2.75, 3.05) is 13.3 Å². The third-order valence-corrected chi connectivity index (χ3v) is 4.07. The van der Waals surface area contributed by atoms with Crippen molar-refractivity contribution in [3.05, 3.63) is 22.6 Å². The third-order valence-electron chi connectivity index (χ3n) is 3.32. The second-order valence-corrected chi connectivity index (χ2v) is 6.19. The first kappa shape index (κ1) is 12.6. The SMILES string of the molecule is CN=C1C=C(SC)C2=NC(C)(C)CC(C)C2=C1.